The van der Waals surface area contributed by atoms with Gasteiger partial charge in [-0.2, -0.15) is 5.10 Å². The number of carbonyl (C=O) groups is 2. The van der Waals surface area contributed by atoms with Crippen LogP contribution in [0.5, 0.6) is 0 Å². The van der Waals surface area contributed by atoms with Gasteiger partial charge in [-0.1, -0.05) is 52.3 Å². The smallest absolute Gasteiger partial charge is 0.277 e. The molecule has 1 aliphatic rings. The molecule has 0 saturated carbocycles. The van der Waals surface area contributed by atoms with Crippen molar-refractivity contribution in [2.75, 3.05) is 11.4 Å². The molecule has 3 rings (SSSR count). The van der Waals surface area contributed by atoms with Gasteiger partial charge in [0.25, 0.3) is 5.91 Å². The highest BCUT2D eigenvalue weighted by atomic mass is 35.5. The fourth-order valence-electron chi connectivity index (χ4n) is 3.83. The summed E-state index contributed by atoms with van der Waals surface area (Å²) < 4.78 is 1.68. The van der Waals surface area contributed by atoms with Gasteiger partial charge in [0.1, 0.15) is 11.2 Å². The largest absolute Gasteiger partial charge is 0.354 e. The summed E-state index contributed by atoms with van der Waals surface area (Å²) in [5, 5.41) is 8.29. The van der Waals surface area contributed by atoms with Gasteiger partial charge >= 0.3 is 0 Å². The quantitative estimate of drug-likeness (QED) is 0.725. The van der Waals surface area contributed by atoms with Gasteiger partial charge in [0, 0.05) is 22.7 Å². The van der Waals surface area contributed by atoms with E-state index in [-0.39, 0.29) is 23.8 Å². The molecule has 0 bridgehead atoms. The van der Waals surface area contributed by atoms with Crippen LogP contribution in [-0.2, 0) is 16.8 Å². The summed E-state index contributed by atoms with van der Waals surface area (Å²) in [4.78, 5) is 28.8. The summed E-state index contributed by atoms with van der Waals surface area (Å²) >= 11 is 6.38. The number of rotatable bonds is 5. The van der Waals surface area contributed by atoms with E-state index in [1.165, 1.54) is 0 Å². The summed E-state index contributed by atoms with van der Waals surface area (Å²) in [5.74, 6) is 0.0277. The molecule has 7 heteroatoms. The fraction of sp³-hybridized carbons (Fsp3) is 0.542. The van der Waals surface area contributed by atoms with Crippen molar-refractivity contribution in [1.29, 1.82) is 0 Å². The Bertz CT molecular complexity index is 1010. The van der Waals surface area contributed by atoms with Crippen LogP contribution >= 0.6 is 11.6 Å². The Hall–Kier alpha value is -2.34. The van der Waals surface area contributed by atoms with E-state index in [9.17, 15) is 9.59 Å². The molecule has 1 aromatic heterocycles. The van der Waals surface area contributed by atoms with Crippen molar-refractivity contribution in [2.24, 2.45) is 5.92 Å². The number of nitrogens with one attached hydrogen (secondary N) is 1. The minimum absolute atomic E-state index is 0.195. The van der Waals surface area contributed by atoms with Crippen LogP contribution in [0.2, 0.25) is 5.02 Å². The number of hydrogen-bond donors (Lipinski definition) is 1. The first-order chi connectivity index (χ1) is 14.4. The monoisotopic (exact) mass is 444 g/mol. The first-order valence-electron chi connectivity index (χ1n) is 10.8. The second-order valence-electron chi connectivity index (χ2n) is 10.1. The summed E-state index contributed by atoms with van der Waals surface area (Å²) in [6.07, 6.45) is 0.868. The first-order valence-corrected chi connectivity index (χ1v) is 11.2. The maximum absolute atomic E-state index is 13.8. The molecule has 168 valence electrons. The van der Waals surface area contributed by atoms with E-state index in [4.69, 9.17) is 16.7 Å². The number of halogens is 1. The van der Waals surface area contributed by atoms with Crippen LogP contribution in [0.15, 0.2) is 24.3 Å². The van der Waals surface area contributed by atoms with E-state index >= 15 is 0 Å². The van der Waals surface area contributed by atoms with Gasteiger partial charge in [-0.15, -0.1) is 0 Å². The lowest BCUT2D eigenvalue weighted by Gasteiger charge is -2.43. The molecule has 0 spiro atoms. The van der Waals surface area contributed by atoms with Gasteiger partial charge in [-0.25, -0.2) is 0 Å². The second kappa shape index (κ2) is 8.30. The number of hydrogen-bond acceptors (Lipinski definition) is 3. The van der Waals surface area contributed by atoms with Crippen molar-refractivity contribution in [2.45, 2.75) is 72.4 Å². The molecule has 0 radical (unpaired) electrons. The predicted molar refractivity (Wildman–Crippen MR) is 125 cm³/mol. The molecule has 0 aliphatic carbocycles. The Morgan fingerprint density at radius 2 is 2.00 bits per heavy atom. The van der Waals surface area contributed by atoms with E-state index in [0.29, 0.717) is 28.9 Å². The Kier molecular flexibility index (Phi) is 6.25. The first kappa shape index (κ1) is 23.3. The van der Waals surface area contributed by atoms with Gasteiger partial charge in [-0.05, 0) is 49.9 Å². The van der Waals surface area contributed by atoms with Crippen LogP contribution in [0.4, 0.5) is 5.69 Å². The molecular weight excluding hydrogens is 412 g/mol. The molecule has 6 nitrogen and oxygen atoms in total. The molecule has 1 N–H and O–H groups in total. The maximum Gasteiger partial charge on any atom is 0.277 e. The molecule has 2 amide bonds. The van der Waals surface area contributed by atoms with E-state index in [2.05, 4.69) is 39.9 Å². The molecule has 2 aromatic rings. The summed E-state index contributed by atoms with van der Waals surface area (Å²) in [5.41, 5.74) is 1.36. The SMILES string of the molecule is Cc1c(Cl)cccc1N1C(=O)c2cc(C(C)(C)C)nn2CC1(C)C(=O)NCCC(C)C. The molecule has 1 atom stereocenters. The van der Waals surface area contributed by atoms with Crippen LogP contribution in [0.25, 0.3) is 0 Å². The van der Waals surface area contributed by atoms with E-state index < -0.39 is 5.54 Å². The number of amides is 2. The van der Waals surface area contributed by atoms with Crippen molar-refractivity contribution in [1.82, 2.24) is 15.1 Å². The molecule has 1 aliphatic heterocycles. The van der Waals surface area contributed by atoms with Crippen LogP contribution in [0.3, 0.4) is 0 Å². The highest BCUT2D eigenvalue weighted by molar-refractivity contribution is 6.32. The molecule has 0 fully saturated rings. The van der Waals surface area contributed by atoms with Gasteiger partial charge < -0.3 is 5.32 Å². The number of aromatic nitrogens is 2. The number of nitrogens with zero attached hydrogens (tertiary/aromatic N) is 3. The minimum Gasteiger partial charge on any atom is -0.354 e. The minimum atomic E-state index is -1.14. The lowest BCUT2D eigenvalue weighted by atomic mass is 9.91. The van der Waals surface area contributed by atoms with Gasteiger partial charge in [0.15, 0.2) is 0 Å². The van der Waals surface area contributed by atoms with E-state index in [0.717, 1.165) is 17.7 Å². The van der Waals surface area contributed by atoms with Crippen molar-refractivity contribution in [3.63, 3.8) is 0 Å². The van der Waals surface area contributed by atoms with Crippen LogP contribution in [-0.4, -0.2) is 33.7 Å². The zero-order chi connectivity index (χ0) is 23.1. The molecule has 1 aromatic carbocycles. The number of fused-ring (bicyclic) bond motifs is 1. The lowest BCUT2D eigenvalue weighted by molar-refractivity contribution is -0.126. The third-order valence-corrected chi connectivity index (χ3v) is 6.31. The summed E-state index contributed by atoms with van der Waals surface area (Å²) in [6, 6.07) is 7.28. The van der Waals surface area contributed by atoms with Crippen LogP contribution in [0, 0.1) is 12.8 Å². The highest BCUT2D eigenvalue weighted by Gasteiger charge is 2.49. The summed E-state index contributed by atoms with van der Waals surface area (Å²) in [7, 11) is 0. The molecule has 0 saturated heterocycles. The summed E-state index contributed by atoms with van der Waals surface area (Å²) in [6.45, 7) is 14.9. The average molecular weight is 445 g/mol. The van der Waals surface area contributed by atoms with Gasteiger partial charge in [0.05, 0.1) is 12.2 Å². The molecule has 31 heavy (non-hydrogen) atoms. The van der Waals surface area contributed by atoms with Crippen molar-refractivity contribution >= 4 is 29.1 Å². The second-order valence-corrected chi connectivity index (χ2v) is 10.5. The molecular formula is C24H33ClN4O2. The lowest BCUT2D eigenvalue weighted by Crippen LogP contribution is -2.64. The zero-order valence-corrected chi connectivity index (χ0v) is 20.3. The number of carbonyl (C=O) groups excluding carboxylic acids is 2. The Morgan fingerprint density at radius 1 is 1.32 bits per heavy atom. The van der Waals surface area contributed by atoms with Crippen molar-refractivity contribution in [3.05, 3.63) is 46.2 Å². The molecule has 1 unspecified atom stereocenters. The van der Waals surface area contributed by atoms with Crippen molar-refractivity contribution in [3.8, 4) is 0 Å². The van der Waals surface area contributed by atoms with Gasteiger partial charge in [0.2, 0.25) is 5.91 Å². The average Bonchev–Trinajstić information content (AvgIpc) is 3.09. The normalized spacial score (nSPS) is 19.0. The Balaban J connectivity index is 2.11. The Labute approximate surface area is 190 Å². The topological polar surface area (TPSA) is 67.2 Å². The number of benzene rings is 1. The van der Waals surface area contributed by atoms with Crippen molar-refractivity contribution < 1.29 is 9.59 Å². The van der Waals surface area contributed by atoms with E-state index in [1.807, 2.05) is 25.1 Å². The third-order valence-electron chi connectivity index (χ3n) is 5.90. The maximum atomic E-state index is 13.8. The van der Waals surface area contributed by atoms with Crippen LogP contribution < -0.4 is 10.2 Å². The number of anilines is 1. The van der Waals surface area contributed by atoms with Crippen LogP contribution in [0.1, 0.15) is 69.7 Å². The third kappa shape index (κ3) is 4.36. The zero-order valence-electron chi connectivity index (χ0n) is 19.5. The highest BCUT2D eigenvalue weighted by Crippen LogP contribution is 2.37. The Morgan fingerprint density at radius 3 is 2.61 bits per heavy atom. The van der Waals surface area contributed by atoms with E-state index in [1.54, 1.807) is 22.6 Å². The fourth-order valence-corrected chi connectivity index (χ4v) is 4.00. The predicted octanol–water partition coefficient (Wildman–Crippen LogP) is 4.72. The standard InChI is InChI=1S/C24H33ClN4O2/c1-15(2)11-12-26-22(31)24(7)14-28-19(13-20(27-28)23(4,5)6)21(30)29(24)18-10-8-9-17(25)16(18)3/h8-10,13,15H,11-12,14H2,1-7H3,(H,26,31). The van der Waals surface area contributed by atoms with Gasteiger partial charge in [-0.3, -0.25) is 19.2 Å². The molecule has 2 heterocycles.